The van der Waals surface area contributed by atoms with E-state index in [2.05, 4.69) is 27.0 Å². The van der Waals surface area contributed by atoms with Crippen molar-refractivity contribution in [3.05, 3.63) is 78.5 Å². The van der Waals surface area contributed by atoms with Gasteiger partial charge in [0.15, 0.2) is 11.5 Å². The molecule has 10 heteroatoms. The van der Waals surface area contributed by atoms with Gasteiger partial charge in [-0.15, -0.1) is 0 Å². The van der Waals surface area contributed by atoms with E-state index in [0.717, 1.165) is 10.9 Å². The summed E-state index contributed by atoms with van der Waals surface area (Å²) >= 11 is 0. The second-order valence-corrected chi connectivity index (χ2v) is 7.72. The number of carbonyl (C=O) groups is 2. The maximum atomic E-state index is 12.2. The minimum atomic E-state index is -0.701. The molecule has 3 N–H and O–H groups in total. The monoisotopic (exact) mass is 497 g/mol. The highest BCUT2D eigenvalue weighted by molar-refractivity contribution is 6.05. The molecule has 1 aromatic heterocycles. The van der Waals surface area contributed by atoms with Gasteiger partial charge in [-0.2, -0.15) is 5.26 Å². The van der Waals surface area contributed by atoms with Crippen molar-refractivity contribution in [2.75, 3.05) is 24.9 Å². The highest BCUT2D eigenvalue weighted by atomic mass is 16.5. The summed E-state index contributed by atoms with van der Waals surface area (Å²) < 4.78 is 16.7. The Labute approximate surface area is 212 Å². The largest absolute Gasteiger partial charge is 0.493 e. The zero-order valence-electron chi connectivity index (χ0n) is 20.1. The number of rotatable bonds is 7. The van der Waals surface area contributed by atoms with E-state index in [4.69, 9.17) is 19.5 Å². The summed E-state index contributed by atoms with van der Waals surface area (Å²) in [5.74, 6) is 2.22. The van der Waals surface area contributed by atoms with E-state index in [1.54, 1.807) is 87.1 Å². The first-order chi connectivity index (χ1) is 18.0. The number of nitrogens with zero attached hydrogens (tertiary/aromatic N) is 2. The molecule has 0 spiro atoms. The molecule has 0 bridgehead atoms. The molecule has 0 aliphatic heterocycles. The number of carbonyl (C=O) groups excluding carboxylic acids is 2. The highest BCUT2D eigenvalue weighted by Gasteiger charge is 2.12. The number of benzene rings is 3. The van der Waals surface area contributed by atoms with Crippen molar-refractivity contribution in [1.29, 1.82) is 5.26 Å². The fraction of sp³-hybridized carbons (Fsp3) is 0.111. The van der Waals surface area contributed by atoms with Crippen LogP contribution in [0.15, 0.2) is 72.9 Å². The number of hydrogen-bond acceptors (Lipinski definition) is 7. The zero-order chi connectivity index (χ0) is 26.2. The number of imide groups is 1. The fourth-order valence-electron chi connectivity index (χ4n) is 3.49. The number of hydrogen-bond donors (Lipinski definition) is 3. The number of methoxy groups -OCH3 is 2. The van der Waals surface area contributed by atoms with Gasteiger partial charge in [-0.25, -0.2) is 9.59 Å². The molecule has 186 valence electrons. The first-order valence-corrected chi connectivity index (χ1v) is 11.1. The third-order valence-electron chi connectivity index (χ3n) is 5.27. The smallest absolute Gasteiger partial charge is 0.327 e. The van der Waals surface area contributed by atoms with E-state index >= 15 is 0 Å². The van der Waals surface area contributed by atoms with Gasteiger partial charge < -0.3 is 24.8 Å². The van der Waals surface area contributed by atoms with Crippen molar-refractivity contribution in [2.24, 2.45) is 0 Å². The van der Waals surface area contributed by atoms with Crippen LogP contribution in [0.2, 0.25) is 0 Å². The second kappa shape index (κ2) is 11.4. The molecule has 3 aromatic carbocycles. The van der Waals surface area contributed by atoms with E-state index in [0.29, 0.717) is 39.9 Å². The van der Waals surface area contributed by atoms with Gasteiger partial charge in [0.1, 0.15) is 11.5 Å². The van der Waals surface area contributed by atoms with Crippen LogP contribution in [0.1, 0.15) is 5.56 Å². The van der Waals surface area contributed by atoms with Gasteiger partial charge in [0.05, 0.1) is 32.2 Å². The number of fused-ring (bicyclic) bond motifs is 1. The first kappa shape index (κ1) is 24.8. The molecule has 0 aliphatic carbocycles. The quantitative estimate of drug-likeness (QED) is 0.308. The minimum absolute atomic E-state index is 0.280. The standard InChI is InChI=1S/C27H23N5O5/c1-35-24-15-21-22(16-25(24)36-2)29-14-12-23(21)37-20-9-7-19(8-10-20)31-27(34)32-26(33)30-18-5-3-17(4-6-18)11-13-28/h3-10,12,14-16H,11H2,1-2H3,(H3,30,31,32,33,34). The van der Waals surface area contributed by atoms with Gasteiger partial charge in [-0.3, -0.25) is 10.3 Å². The van der Waals surface area contributed by atoms with E-state index in [9.17, 15) is 9.59 Å². The van der Waals surface area contributed by atoms with Crippen LogP contribution in [-0.2, 0) is 6.42 Å². The van der Waals surface area contributed by atoms with Crippen LogP contribution in [-0.4, -0.2) is 31.3 Å². The molecule has 0 radical (unpaired) electrons. The van der Waals surface area contributed by atoms with Crippen molar-refractivity contribution < 1.29 is 23.8 Å². The average Bonchev–Trinajstić information content (AvgIpc) is 2.90. The molecule has 4 rings (SSSR count). The fourth-order valence-corrected chi connectivity index (χ4v) is 3.49. The Hall–Kier alpha value is -5.30. The Bertz CT molecular complexity index is 1460. The second-order valence-electron chi connectivity index (χ2n) is 7.72. The van der Waals surface area contributed by atoms with Crippen LogP contribution in [0.25, 0.3) is 10.9 Å². The lowest BCUT2D eigenvalue weighted by Crippen LogP contribution is -2.37. The molecular formula is C27H23N5O5. The zero-order valence-corrected chi connectivity index (χ0v) is 20.1. The predicted octanol–water partition coefficient (Wildman–Crippen LogP) is 5.46. The van der Waals surface area contributed by atoms with Crippen molar-refractivity contribution in [1.82, 2.24) is 10.3 Å². The molecule has 0 saturated heterocycles. The van der Waals surface area contributed by atoms with Crippen molar-refractivity contribution >= 4 is 34.3 Å². The Morgan fingerprint density at radius 3 is 2.03 bits per heavy atom. The Morgan fingerprint density at radius 1 is 0.838 bits per heavy atom. The lowest BCUT2D eigenvalue weighted by atomic mass is 10.1. The van der Waals surface area contributed by atoms with E-state index < -0.39 is 12.1 Å². The summed E-state index contributed by atoms with van der Waals surface area (Å²) in [6, 6.07) is 19.4. The van der Waals surface area contributed by atoms with Crippen LogP contribution >= 0.6 is 0 Å². The number of ether oxygens (including phenoxy) is 3. The topological polar surface area (TPSA) is 135 Å². The molecule has 0 saturated carbocycles. The number of pyridine rings is 1. The minimum Gasteiger partial charge on any atom is -0.493 e. The molecular weight excluding hydrogens is 474 g/mol. The third kappa shape index (κ3) is 6.23. The summed E-state index contributed by atoms with van der Waals surface area (Å²) in [6.07, 6.45) is 1.91. The SMILES string of the molecule is COc1cc2nccc(Oc3ccc(NC(=O)NC(=O)Nc4ccc(CC#N)cc4)cc3)c2cc1OC. The molecule has 4 aromatic rings. The van der Waals surface area contributed by atoms with Gasteiger partial charge in [0.2, 0.25) is 0 Å². The lowest BCUT2D eigenvalue weighted by molar-refractivity contribution is 0.240. The summed E-state index contributed by atoms with van der Waals surface area (Å²) in [5, 5.41) is 16.8. The van der Waals surface area contributed by atoms with Gasteiger partial charge in [0.25, 0.3) is 0 Å². The van der Waals surface area contributed by atoms with Crippen LogP contribution < -0.4 is 30.2 Å². The summed E-state index contributed by atoms with van der Waals surface area (Å²) in [5.41, 5.74) is 2.47. The number of nitrogens with one attached hydrogen (secondary N) is 3. The molecule has 4 amide bonds. The van der Waals surface area contributed by atoms with E-state index in [1.165, 1.54) is 0 Å². The van der Waals surface area contributed by atoms with Crippen LogP contribution in [0, 0.1) is 11.3 Å². The third-order valence-corrected chi connectivity index (χ3v) is 5.27. The van der Waals surface area contributed by atoms with E-state index in [-0.39, 0.29) is 6.42 Å². The highest BCUT2D eigenvalue weighted by Crippen LogP contribution is 2.36. The van der Waals surface area contributed by atoms with E-state index in [1.807, 2.05) is 0 Å². The Kier molecular flexibility index (Phi) is 7.66. The normalized spacial score (nSPS) is 10.2. The number of amides is 4. The maximum Gasteiger partial charge on any atom is 0.327 e. The van der Waals surface area contributed by atoms with Crippen LogP contribution in [0.3, 0.4) is 0 Å². The number of aromatic nitrogens is 1. The van der Waals surface area contributed by atoms with Gasteiger partial charge in [-0.05, 0) is 54.1 Å². The summed E-state index contributed by atoms with van der Waals surface area (Å²) in [4.78, 5) is 28.7. The molecule has 0 atom stereocenters. The molecule has 37 heavy (non-hydrogen) atoms. The van der Waals surface area contributed by atoms with Gasteiger partial charge in [0, 0.05) is 29.0 Å². The first-order valence-electron chi connectivity index (χ1n) is 11.1. The van der Waals surface area contributed by atoms with Crippen LogP contribution in [0.4, 0.5) is 21.0 Å². The van der Waals surface area contributed by atoms with Crippen LogP contribution in [0.5, 0.6) is 23.0 Å². The number of urea groups is 2. The average molecular weight is 498 g/mol. The molecule has 0 aliphatic rings. The predicted molar refractivity (Wildman–Crippen MR) is 138 cm³/mol. The van der Waals surface area contributed by atoms with Crippen molar-refractivity contribution in [3.63, 3.8) is 0 Å². The number of nitriles is 1. The summed E-state index contributed by atoms with van der Waals surface area (Å²) in [6.45, 7) is 0. The maximum absolute atomic E-state index is 12.2. The Balaban J connectivity index is 1.36. The van der Waals surface area contributed by atoms with Crippen molar-refractivity contribution in [3.8, 4) is 29.1 Å². The Morgan fingerprint density at radius 2 is 1.43 bits per heavy atom. The molecule has 10 nitrogen and oxygen atoms in total. The number of anilines is 2. The van der Waals surface area contributed by atoms with Crippen molar-refractivity contribution in [2.45, 2.75) is 6.42 Å². The molecule has 1 heterocycles. The molecule has 0 fully saturated rings. The van der Waals surface area contributed by atoms with Gasteiger partial charge in [-0.1, -0.05) is 12.1 Å². The van der Waals surface area contributed by atoms with Gasteiger partial charge >= 0.3 is 12.1 Å². The lowest BCUT2D eigenvalue weighted by Gasteiger charge is -2.13. The summed E-state index contributed by atoms with van der Waals surface area (Å²) in [7, 11) is 3.12. The molecule has 0 unspecified atom stereocenters.